The van der Waals surface area contributed by atoms with Gasteiger partial charge in [-0.15, -0.1) is 0 Å². The number of carbonyl (C=O) groups is 1. The highest BCUT2D eigenvalue weighted by molar-refractivity contribution is 8.00. The minimum atomic E-state index is -0.437. The van der Waals surface area contributed by atoms with Gasteiger partial charge in [-0.3, -0.25) is 4.79 Å². The second-order valence-corrected chi connectivity index (χ2v) is 7.25. The Hall–Kier alpha value is -0.260. The lowest BCUT2D eigenvalue weighted by Crippen LogP contribution is -2.51. The average Bonchev–Trinajstić information content (AvgIpc) is 2.85. The second kappa shape index (κ2) is 7.66. The fourth-order valence-corrected chi connectivity index (χ4v) is 4.87. The summed E-state index contributed by atoms with van der Waals surface area (Å²) in [5.41, 5.74) is -0.437. The Balaban J connectivity index is 1.90. The Labute approximate surface area is 126 Å². The van der Waals surface area contributed by atoms with Gasteiger partial charge < -0.3 is 14.8 Å². The molecular weight excluding hydrogens is 274 g/mol. The van der Waals surface area contributed by atoms with Gasteiger partial charge >= 0.3 is 5.97 Å². The molecule has 2 rings (SSSR count). The van der Waals surface area contributed by atoms with Crippen molar-refractivity contribution in [1.82, 2.24) is 5.32 Å². The third kappa shape index (κ3) is 3.89. The molecule has 2 fully saturated rings. The smallest absolute Gasteiger partial charge is 0.326 e. The fourth-order valence-electron chi connectivity index (χ4n) is 3.23. The number of hydrogen-bond donors (Lipinski definition) is 1. The number of hydrogen-bond acceptors (Lipinski definition) is 5. The van der Waals surface area contributed by atoms with Gasteiger partial charge in [0, 0.05) is 23.7 Å². The van der Waals surface area contributed by atoms with Crippen LogP contribution in [0.1, 0.15) is 46.0 Å². The van der Waals surface area contributed by atoms with Crippen LogP contribution in [0.2, 0.25) is 0 Å². The summed E-state index contributed by atoms with van der Waals surface area (Å²) in [5.74, 6) is -0.0584. The minimum Gasteiger partial charge on any atom is -0.465 e. The molecule has 20 heavy (non-hydrogen) atoms. The van der Waals surface area contributed by atoms with E-state index in [1.807, 2.05) is 6.92 Å². The zero-order valence-electron chi connectivity index (χ0n) is 12.7. The summed E-state index contributed by atoms with van der Waals surface area (Å²) < 4.78 is 10.7. The molecule has 1 aliphatic heterocycles. The molecule has 2 aliphatic rings. The number of ether oxygens (including phenoxy) is 2. The summed E-state index contributed by atoms with van der Waals surface area (Å²) >= 11 is 2.06. The second-order valence-electron chi connectivity index (χ2n) is 5.65. The van der Waals surface area contributed by atoms with Crippen LogP contribution in [-0.2, 0) is 14.3 Å². The lowest BCUT2D eigenvalue weighted by molar-refractivity contribution is -0.151. The summed E-state index contributed by atoms with van der Waals surface area (Å²) in [6.45, 7) is 6.99. The summed E-state index contributed by atoms with van der Waals surface area (Å²) in [5, 5.41) is 4.67. The largest absolute Gasteiger partial charge is 0.465 e. The molecule has 0 amide bonds. The van der Waals surface area contributed by atoms with Crippen molar-refractivity contribution in [2.24, 2.45) is 0 Å². The van der Waals surface area contributed by atoms with E-state index in [-0.39, 0.29) is 5.97 Å². The van der Waals surface area contributed by atoms with Crippen LogP contribution < -0.4 is 5.32 Å². The van der Waals surface area contributed by atoms with Crippen molar-refractivity contribution in [3.63, 3.8) is 0 Å². The van der Waals surface area contributed by atoms with Gasteiger partial charge in [-0.25, -0.2) is 0 Å². The van der Waals surface area contributed by atoms with Gasteiger partial charge in [0.1, 0.15) is 5.54 Å². The van der Waals surface area contributed by atoms with Crippen LogP contribution in [0.5, 0.6) is 0 Å². The van der Waals surface area contributed by atoms with Gasteiger partial charge in [-0.2, -0.15) is 11.8 Å². The summed E-state index contributed by atoms with van der Waals surface area (Å²) in [6, 6.07) is 0. The van der Waals surface area contributed by atoms with Crippen molar-refractivity contribution < 1.29 is 14.3 Å². The Kier molecular flexibility index (Phi) is 6.18. The van der Waals surface area contributed by atoms with E-state index < -0.39 is 5.54 Å². The van der Waals surface area contributed by atoms with Crippen molar-refractivity contribution in [2.45, 2.75) is 62.0 Å². The van der Waals surface area contributed by atoms with Gasteiger partial charge in [-0.1, -0.05) is 6.92 Å². The lowest BCUT2D eigenvalue weighted by atomic mass is 9.98. The van der Waals surface area contributed by atoms with Crippen molar-refractivity contribution >= 4 is 17.7 Å². The SMILES string of the molecule is CCNC1(C(=O)OCC)CCC(SC2CCOCC2)C1. The topological polar surface area (TPSA) is 47.6 Å². The highest BCUT2D eigenvalue weighted by atomic mass is 32.2. The molecule has 2 unspecified atom stereocenters. The molecule has 1 saturated heterocycles. The summed E-state index contributed by atoms with van der Waals surface area (Å²) in [6.07, 6.45) is 5.21. The Morgan fingerprint density at radius 3 is 2.70 bits per heavy atom. The number of nitrogens with one attached hydrogen (secondary N) is 1. The maximum Gasteiger partial charge on any atom is 0.326 e. The molecule has 0 aromatic heterocycles. The van der Waals surface area contributed by atoms with Crippen LogP contribution in [0, 0.1) is 0 Å². The van der Waals surface area contributed by atoms with Crippen molar-refractivity contribution in [2.75, 3.05) is 26.4 Å². The van der Waals surface area contributed by atoms with Crippen LogP contribution in [0.3, 0.4) is 0 Å². The van der Waals surface area contributed by atoms with Crippen molar-refractivity contribution in [1.29, 1.82) is 0 Å². The monoisotopic (exact) mass is 301 g/mol. The predicted molar refractivity (Wildman–Crippen MR) is 82.1 cm³/mol. The van der Waals surface area contributed by atoms with Crippen molar-refractivity contribution in [3.05, 3.63) is 0 Å². The van der Waals surface area contributed by atoms with E-state index in [2.05, 4.69) is 24.0 Å². The molecule has 1 saturated carbocycles. The van der Waals surface area contributed by atoms with Crippen LogP contribution in [0.25, 0.3) is 0 Å². The van der Waals surface area contributed by atoms with E-state index in [1.54, 1.807) is 0 Å². The fraction of sp³-hybridized carbons (Fsp3) is 0.933. The molecular formula is C15H27NO3S. The Bertz CT molecular complexity index is 320. The predicted octanol–water partition coefficient (Wildman–Crippen LogP) is 2.36. The first-order chi connectivity index (χ1) is 9.70. The summed E-state index contributed by atoms with van der Waals surface area (Å²) in [7, 11) is 0. The molecule has 0 spiro atoms. The normalized spacial score (nSPS) is 31.4. The number of thioether (sulfide) groups is 1. The van der Waals surface area contributed by atoms with E-state index in [4.69, 9.17) is 9.47 Å². The quantitative estimate of drug-likeness (QED) is 0.763. The van der Waals surface area contributed by atoms with Crippen LogP contribution in [0.15, 0.2) is 0 Å². The molecule has 116 valence electrons. The number of likely N-dealkylation sites (N-methyl/N-ethyl adjacent to an activating group) is 1. The third-order valence-corrected chi connectivity index (χ3v) is 5.85. The summed E-state index contributed by atoms with van der Waals surface area (Å²) in [4.78, 5) is 12.3. The van der Waals surface area contributed by atoms with Crippen molar-refractivity contribution in [3.8, 4) is 0 Å². The van der Waals surface area contributed by atoms with E-state index in [0.29, 0.717) is 17.1 Å². The van der Waals surface area contributed by atoms with Crippen LogP contribution >= 0.6 is 11.8 Å². The van der Waals surface area contributed by atoms with E-state index in [9.17, 15) is 4.79 Å². The van der Waals surface area contributed by atoms with Gasteiger partial charge in [0.2, 0.25) is 0 Å². The molecule has 1 aliphatic carbocycles. The highest BCUT2D eigenvalue weighted by Crippen LogP contribution is 2.41. The van der Waals surface area contributed by atoms with E-state index in [1.165, 1.54) is 0 Å². The molecule has 0 bridgehead atoms. The molecule has 1 N–H and O–H groups in total. The number of carbonyl (C=O) groups excluding carboxylic acids is 1. The Morgan fingerprint density at radius 1 is 1.30 bits per heavy atom. The first kappa shape index (κ1) is 16.1. The number of esters is 1. The lowest BCUT2D eigenvalue weighted by Gasteiger charge is -2.29. The molecule has 2 atom stereocenters. The maximum atomic E-state index is 12.3. The minimum absolute atomic E-state index is 0.0584. The Morgan fingerprint density at radius 2 is 2.05 bits per heavy atom. The average molecular weight is 301 g/mol. The van der Waals surface area contributed by atoms with E-state index >= 15 is 0 Å². The first-order valence-electron chi connectivity index (χ1n) is 7.85. The molecule has 0 radical (unpaired) electrons. The van der Waals surface area contributed by atoms with Gasteiger partial charge in [-0.05, 0) is 45.6 Å². The van der Waals surface area contributed by atoms with Gasteiger partial charge in [0.25, 0.3) is 0 Å². The zero-order valence-corrected chi connectivity index (χ0v) is 13.5. The highest BCUT2D eigenvalue weighted by Gasteiger charge is 2.46. The number of rotatable bonds is 6. The van der Waals surface area contributed by atoms with Gasteiger partial charge in [0.05, 0.1) is 6.61 Å². The first-order valence-corrected chi connectivity index (χ1v) is 8.80. The van der Waals surface area contributed by atoms with Gasteiger partial charge in [0.15, 0.2) is 0 Å². The molecule has 1 heterocycles. The molecule has 0 aromatic rings. The molecule has 0 aromatic carbocycles. The molecule has 4 nitrogen and oxygen atoms in total. The van der Waals surface area contributed by atoms with Crippen LogP contribution in [0.4, 0.5) is 0 Å². The maximum absolute atomic E-state index is 12.3. The molecule has 5 heteroatoms. The van der Waals surface area contributed by atoms with Crippen LogP contribution in [-0.4, -0.2) is 48.4 Å². The zero-order chi connectivity index (χ0) is 14.4. The standard InChI is InChI=1S/C15H27NO3S/c1-3-16-15(14(17)19-4-2)8-5-13(11-15)20-12-6-9-18-10-7-12/h12-13,16H,3-11H2,1-2H3. The van der Waals surface area contributed by atoms with E-state index in [0.717, 1.165) is 51.9 Å². The third-order valence-electron chi connectivity index (χ3n) is 4.20.